The first-order chi connectivity index (χ1) is 5.25. The molecule has 0 bridgehead atoms. The number of rotatable bonds is 2. The Hall–Kier alpha value is -0.590. The SMILES string of the molecule is C/C=C\N=C/C1C(C)CC1C. The second-order valence-electron chi connectivity index (χ2n) is 3.55. The first-order valence-electron chi connectivity index (χ1n) is 4.40. The van der Waals surface area contributed by atoms with Gasteiger partial charge in [-0.15, -0.1) is 0 Å². The highest BCUT2D eigenvalue weighted by Crippen LogP contribution is 2.38. The molecule has 0 aromatic carbocycles. The van der Waals surface area contributed by atoms with Crippen LogP contribution in [0.4, 0.5) is 0 Å². The first-order valence-corrected chi connectivity index (χ1v) is 4.40. The standard InChI is InChI=1S/C10H17N/c1-4-5-11-7-10-8(2)6-9(10)3/h4-5,7-10H,6H2,1-3H3/b5-4-,11-7-. The van der Waals surface area contributed by atoms with E-state index >= 15 is 0 Å². The molecule has 1 saturated carbocycles. The third-order valence-electron chi connectivity index (χ3n) is 2.55. The van der Waals surface area contributed by atoms with Crippen molar-refractivity contribution in [3.05, 3.63) is 12.3 Å². The molecule has 0 spiro atoms. The van der Waals surface area contributed by atoms with Crippen molar-refractivity contribution in [2.75, 3.05) is 0 Å². The molecule has 0 radical (unpaired) electrons. The summed E-state index contributed by atoms with van der Waals surface area (Å²) >= 11 is 0. The molecule has 1 aliphatic rings. The van der Waals surface area contributed by atoms with E-state index in [-0.39, 0.29) is 0 Å². The van der Waals surface area contributed by atoms with E-state index in [0.717, 1.165) is 17.8 Å². The average molecular weight is 151 g/mol. The first kappa shape index (κ1) is 8.51. The van der Waals surface area contributed by atoms with Crippen LogP contribution in [0.3, 0.4) is 0 Å². The second kappa shape index (κ2) is 3.70. The summed E-state index contributed by atoms with van der Waals surface area (Å²) in [7, 11) is 0. The Morgan fingerprint density at radius 2 is 1.91 bits per heavy atom. The van der Waals surface area contributed by atoms with E-state index in [0.29, 0.717) is 0 Å². The van der Waals surface area contributed by atoms with Gasteiger partial charge in [-0.25, -0.2) is 0 Å². The van der Waals surface area contributed by atoms with E-state index in [1.54, 1.807) is 0 Å². The van der Waals surface area contributed by atoms with E-state index in [4.69, 9.17) is 0 Å². The lowest BCUT2D eigenvalue weighted by atomic mass is 9.67. The van der Waals surface area contributed by atoms with Crippen LogP contribution in [0.5, 0.6) is 0 Å². The van der Waals surface area contributed by atoms with Crippen LogP contribution in [-0.2, 0) is 0 Å². The molecule has 2 unspecified atom stereocenters. The van der Waals surface area contributed by atoms with Crippen LogP contribution in [-0.4, -0.2) is 6.21 Å². The van der Waals surface area contributed by atoms with E-state index < -0.39 is 0 Å². The predicted octanol–water partition coefficient (Wildman–Crippen LogP) is 2.88. The molecule has 11 heavy (non-hydrogen) atoms. The molecule has 1 heteroatoms. The van der Waals surface area contributed by atoms with Gasteiger partial charge in [0.25, 0.3) is 0 Å². The van der Waals surface area contributed by atoms with E-state index in [9.17, 15) is 0 Å². The smallest absolute Gasteiger partial charge is 0.0221 e. The zero-order valence-corrected chi connectivity index (χ0v) is 7.62. The summed E-state index contributed by atoms with van der Waals surface area (Å²) in [6.45, 7) is 6.59. The molecule has 0 aliphatic heterocycles. The van der Waals surface area contributed by atoms with E-state index in [1.807, 2.05) is 19.2 Å². The Morgan fingerprint density at radius 1 is 1.27 bits per heavy atom. The minimum absolute atomic E-state index is 0.728. The normalized spacial score (nSPS) is 38.3. The summed E-state index contributed by atoms with van der Waals surface area (Å²) in [5, 5.41) is 0. The summed E-state index contributed by atoms with van der Waals surface area (Å²) < 4.78 is 0. The number of hydrogen-bond acceptors (Lipinski definition) is 1. The van der Waals surface area contributed by atoms with E-state index in [2.05, 4.69) is 25.1 Å². The molecule has 0 aromatic heterocycles. The van der Waals surface area contributed by atoms with Gasteiger partial charge in [-0.05, 0) is 31.1 Å². The summed E-state index contributed by atoms with van der Waals surface area (Å²) in [4.78, 5) is 4.21. The Morgan fingerprint density at radius 3 is 2.36 bits per heavy atom. The number of aliphatic imine (C=N–C) groups is 1. The van der Waals surface area contributed by atoms with Crippen molar-refractivity contribution in [2.45, 2.75) is 27.2 Å². The quantitative estimate of drug-likeness (QED) is 0.538. The van der Waals surface area contributed by atoms with Gasteiger partial charge in [0.1, 0.15) is 0 Å². The van der Waals surface area contributed by atoms with Crippen molar-refractivity contribution in [2.24, 2.45) is 22.7 Å². The van der Waals surface area contributed by atoms with Gasteiger partial charge in [0.15, 0.2) is 0 Å². The lowest BCUT2D eigenvalue weighted by Gasteiger charge is -2.38. The van der Waals surface area contributed by atoms with Crippen molar-refractivity contribution in [3.8, 4) is 0 Å². The molecule has 1 fully saturated rings. The van der Waals surface area contributed by atoms with Gasteiger partial charge in [-0.2, -0.15) is 0 Å². The molecule has 0 aromatic rings. The highest BCUT2D eigenvalue weighted by molar-refractivity contribution is 5.63. The molecule has 62 valence electrons. The zero-order chi connectivity index (χ0) is 8.27. The van der Waals surface area contributed by atoms with Crippen LogP contribution < -0.4 is 0 Å². The molecule has 2 atom stereocenters. The molecule has 0 amide bonds. The van der Waals surface area contributed by atoms with Crippen LogP contribution in [0.2, 0.25) is 0 Å². The maximum atomic E-state index is 4.21. The van der Waals surface area contributed by atoms with E-state index in [1.165, 1.54) is 6.42 Å². The van der Waals surface area contributed by atoms with Gasteiger partial charge < -0.3 is 0 Å². The molecule has 0 N–H and O–H groups in total. The van der Waals surface area contributed by atoms with Crippen molar-refractivity contribution in [1.29, 1.82) is 0 Å². The monoisotopic (exact) mass is 151 g/mol. The van der Waals surface area contributed by atoms with Gasteiger partial charge in [0.2, 0.25) is 0 Å². The van der Waals surface area contributed by atoms with Gasteiger partial charge in [-0.3, -0.25) is 4.99 Å². The summed E-state index contributed by atoms with van der Waals surface area (Å²) in [5.41, 5.74) is 0. The van der Waals surface area contributed by atoms with Crippen molar-refractivity contribution < 1.29 is 0 Å². The van der Waals surface area contributed by atoms with Crippen molar-refractivity contribution >= 4 is 6.21 Å². The average Bonchev–Trinajstić information content (AvgIpc) is 1.98. The Balaban J connectivity index is 2.36. The highest BCUT2D eigenvalue weighted by Gasteiger charge is 2.32. The fourth-order valence-corrected chi connectivity index (χ4v) is 1.79. The molecule has 1 rings (SSSR count). The maximum absolute atomic E-state index is 4.21. The topological polar surface area (TPSA) is 12.4 Å². The fourth-order valence-electron chi connectivity index (χ4n) is 1.79. The second-order valence-corrected chi connectivity index (χ2v) is 3.55. The van der Waals surface area contributed by atoms with Crippen LogP contribution in [0.1, 0.15) is 27.2 Å². The molecule has 1 aliphatic carbocycles. The number of nitrogens with zero attached hydrogens (tertiary/aromatic N) is 1. The van der Waals surface area contributed by atoms with Gasteiger partial charge >= 0.3 is 0 Å². The largest absolute Gasteiger partial charge is 0.269 e. The summed E-state index contributed by atoms with van der Waals surface area (Å²) in [6, 6.07) is 0. The van der Waals surface area contributed by atoms with Crippen LogP contribution in [0, 0.1) is 17.8 Å². The predicted molar refractivity (Wildman–Crippen MR) is 49.7 cm³/mol. The Kier molecular flexibility index (Phi) is 2.86. The molecule has 1 nitrogen and oxygen atoms in total. The minimum atomic E-state index is 0.728. The van der Waals surface area contributed by atoms with Crippen molar-refractivity contribution in [1.82, 2.24) is 0 Å². The highest BCUT2D eigenvalue weighted by atomic mass is 14.7. The lowest BCUT2D eigenvalue weighted by Crippen LogP contribution is -2.33. The van der Waals surface area contributed by atoms with Gasteiger partial charge in [0, 0.05) is 12.4 Å². The number of allylic oxidation sites excluding steroid dienone is 1. The lowest BCUT2D eigenvalue weighted by molar-refractivity contribution is 0.171. The molecule has 0 heterocycles. The summed E-state index contributed by atoms with van der Waals surface area (Å²) in [6.07, 6.45) is 7.29. The third kappa shape index (κ3) is 1.92. The van der Waals surface area contributed by atoms with Crippen molar-refractivity contribution in [3.63, 3.8) is 0 Å². The Bertz CT molecular complexity index is 162. The molecular weight excluding hydrogens is 134 g/mol. The van der Waals surface area contributed by atoms with Gasteiger partial charge in [-0.1, -0.05) is 19.9 Å². The Labute approximate surface area is 69.2 Å². The fraction of sp³-hybridized carbons (Fsp3) is 0.700. The summed E-state index contributed by atoms with van der Waals surface area (Å²) in [5.74, 6) is 2.42. The van der Waals surface area contributed by atoms with Crippen LogP contribution >= 0.6 is 0 Å². The van der Waals surface area contributed by atoms with Gasteiger partial charge in [0.05, 0.1) is 0 Å². The zero-order valence-electron chi connectivity index (χ0n) is 7.62. The number of hydrogen-bond donors (Lipinski definition) is 0. The minimum Gasteiger partial charge on any atom is -0.269 e. The molecule has 0 saturated heterocycles. The van der Waals surface area contributed by atoms with Crippen LogP contribution in [0.25, 0.3) is 0 Å². The maximum Gasteiger partial charge on any atom is 0.0221 e. The molecular formula is C10H17N. The third-order valence-corrected chi connectivity index (χ3v) is 2.55. The van der Waals surface area contributed by atoms with Crippen LogP contribution in [0.15, 0.2) is 17.3 Å².